The largest absolute Gasteiger partial charge is 0.465 e. The lowest BCUT2D eigenvalue weighted by Crippen LogP contribution is -2.26. The summed E-state index contributed by atoms with van der Waals surface area (Å²) in [4.78, 5) is 23.9. The van der Waals surface area contributed by atoms with Gasteiger partial charge in [-0.15, -0.1) is 11.3 Å². The number of hydrogen-bond acceptors (Lipinski definition) is 5. The smallest absolute Gasteiger partial charge is 0.348 e. The number of rotatable bonds is 5. The van der Waals surface area contributed by atoms with Gasteiger partial charge < -0.3 is 14.8 Å². The molecule has 0 bridgehead atoms. The molecule has 1 unspecified atom stereocenters. The Bertz CT molecular complexity index is 443. The van der Waals surface area contributed by atoms with Gasteiger partial charge in [0.1, 0.15) is 17.7 Å². The van der Waals surface area contributed by atoms with Crippen LogP contribution in [0.15, 0.2) is 12.1 Å². The van der Waals surface area contributed by atoms with Crippen molar-refractivity contribution in [2.75, 3.05) is 13.7 Å². The highest BCUT2D eigenvalue weighted by molar-refractivity contribution is 7.13. The van der Waals surface area contributed by atoms with Gasteiger partial charge >= 0.3 is 5.97 Å². The minimum absolute atomic E-state index is 0.0518. The molecule has 6 heteroatoms. The van der Waals surface area contributed by atoms with Crippen molar-refractivity contribution in [3.8, 4) is 0 Å². The van der Waals surface area contributed by atoms with E-state index in [-0.39, 0.29) is 24.7 Å². The van der Waals surface area contributed by atoms with Crippen LogP contribution in [0.3, 0.4) is 0 Å². The second kappa shape index (κ2) is 5.97. The Kier molecular flexibility index (Phi) is 4.33. The molecule has 1 atom stereocenters. The summed E-state index contributed by atoms with van der Waals surface area (Å²) in [6.45, 7) is 0.163. The maximum Gasteiger partial charge on any atom is 0.348 e. The Hall–Kier alpha value is -1.40. The summed E-state index contributed by atoms with van der Waals surface area (Å²) >= 11 is 1.45. The number of thiophene rings is 1. The lowest BCUT2D eigenvalue weighted by atomic mass is 10.2. The first-order valence-electron chi connectivity index (χ1n) is 5.77. The zero-order chi connectivity index (χ0) is 13.0. The monoisotopic (exact) mass is 269 g/mol. The molecule has 0 spiro atoms. The fraction of sp³-hybridized carbons (Fsp3) is 0.500. The summed E-state index contributed by atoms with van der Waals surface area (Å²) in [5, 5.41) is 2.74. The highest BCUT2D eigenvalue weighted by Gasteiger charge is 2.20. The molecular weight excluding hydrogens is 254 g/mol. The van der Waals surface area contributed by atoms with E-state index < -0.39 is 0 Å². The maximum atomic E-state index is 11.3. The second-order valence-electron chi connectivity index (χ2n) is 4.02. The highest BCUT2D eigenvalue weighted by atomic mass is 32.1. The number of ether oxygens (including phenoxy) is 2. The van der Waals surface area contributed by atoms with E-state index in [1.807, 2.05) is 6.07 Å². The van der Waals surface area contributed by atoms with Crippen molar-refractivity contribution in [1.29, 1.82) is 0 Å². The predicted molar refractivity (Wildman–Crippen MR) is 66.5 cm³/mol. The Morgan fingerprint density at radius 1 is 1.61 bits per heavy atom. The van der Waals surface area contributed by atoms with Crippen LogP contribution in [0.4, 0.5) is 0 Å². The average molecular weight is 269 g/mol. The summed E-state index contributed by atoms with van der Waals surface area (Å²) < 4.78 is 9.88. The molecule has 2 rings (SSSR count). The first kappa shape index (κ1) is 13.0. The van der Waals surface area contributed by atoms with Crippen molar-refractivity contribution in [1.82, 2.24) is 5.32 Å². The molecule has 0 aromatic carbocycles. The lowest BCUT2D eigenvalue weighted by molar-refractivity contribution is -0.119. The maximum absolute atomic E-state index is 11.3. The van der Waals surface area contributed by atoms with Crippen molar-refractivity contribution in [3.63, 3.8) is 0 Å². The molecule has 1 fully saturated rings. The van der Waals surface area contributed by atoms with E-state index in [4.69, 9.17) is 4.74 Å². The van der Waals surface area contributed by atoms with Gasteiger partial charge in [-0.1, -0.05) is 0 Å². The van der Waals surface area contributed by atoms with Crippen molar-refractivity contribution in [2.45, 2.75) is 25.5 Å². The van der Waals surface area contributed by atoms with Crippen LogP contribution in [0.5, 0.6) is 0 Å². The summed E-state index contributed by atoms with van der Waals surface area (Å²) in [6.07, 6.45) is 2.42. The third-order valence-electron chi connectivity index (χ3n) is 2.68. The third kappa shape index (κ3) is 3.30. The Labute approximate surface area is 109 Å². The SMILES string of the molecule is COC(=O)c1ccc(CCCC2NC(=O)CO2)s1. The number of carbonyl (C=O) groups excluding carboxylic acids is 2. The van der Waals surface area contributed by atoms with E-state index >= 15 is 0 Å². The van der Waals surface area contributed by atoms with Crippen LogP contribution in [0.1, 0.15) is 27.4 Å². The molecule has 1 aliphatic rings. The normalized spacial score (nSPS) is 18.7. The summed E-state index contributed by atoms with van der Waals surface area (Å²) in [5.41, 5.74) is 0. The topological polar surface area (TPSA) is 64.6 Å². The fourth-order valence-electron chi connectivity index (χ4n) is 1.78. The van der Waals surface area contributed by atoms with E-state index in [0.717, 1.165) is 24.1 Å². The van der Waals surface area contributed by atoms with Crippen molar-refractivity contribution < 1.29 is 19.1 Å². The van der Waals surface area contributed by atoms with E-state index in [1.54, 1.807) is 6.07 Å². The fourth-order valence-corrected chi connectivity index (χ4v) is 2.75. The molecule has 1 saturated heterocycles. The molecule has 1 N–H and O–H groups in total. The second-order valence-corrected chi connectivity index (χ2v) is 5.19. The number of methoxy groups -OCH3 is 1. The van der Waals surface area contributed by atoms with E-state index in [2.05, 4.69) is 10.1 Å². The first-order chi connectivity index (χ1) is 8.69. The van der Waals surface area contributed by atoms with Crippen molar-refractivity contribution >= 4 is 23.2 Å². The highest BCUT2D eigenvalue weighted by Crippen LogP contribution is 2.20. The van der Waals surface area contributed by atoms with Gasteiger partial charge in [0, 0.05) is 4.88 Å². The molecule has 18 heavy (non-hydrogen) atoms. The van der Waals surface area contributed by atoms with Gasteiger partial charge in [0.2, 0.25) is 5.91 Å². The molecule has 1 amide bonds. The van der Waals surface area contributed by atoms with E-state index in [1.165, 1.54) is 18.4 Å². The molecule has 0 aliphatic carbocycles. The number of carbonyl (C=O) groups is 2. The number of aryl methyl sites for hydroxylation is 1. The van der Waals surface area contributed by atoms with Crippen LogP contribution in [0.25, 0.3) is 0 Å². The minimum Gasteiger partial charge on any atom is -0.465 e. The molecule has 0 radical (unpaired) electrons. The van der Waals surface area contributed by atoms with Gasteiger partial charge in [0.25, 0.3) is 0 Å². The molecule has 2 heterocycles. The molecule has 0 saturated carbocycles. The van der Waals surface area contributed by atoms with Crippen LogP contribution in [-0.4, -0.2) is 31.8 Å². The molecule has 1 aromatic rings. The molecule has 5 nitrogen and oxygen atoms in total. The van der Waals surface area contributed by atoms with Gasteiger partial charge in [0.05, 0.1) is 7.11 Å². The van der Waals surface area contributed by atoms with Gasteiger partial charge in [-0.25, -0.2) is 4.79 Å². The number of nitrogens with one attached hydrogen (secondary N) is 1. The lowest BCUT2D eigenvalue weighted by Gasteiger charge is -2.07. The van der Waals surface area contributed by atoms with Gasteiger partial charge in [-0.2, -0.15) is 0 Å². The number of amides is 1. The Morgan fingerprint density at radius 2 is 2.44 bits per heavy atom. The van der Waals surface area contributed by atoms with E-state index in [0.29, 0.717) is 4.88 Å². The quantitative estimate of drug-likeness (QED) is 0.819. The zero-order valence-corrected chi connectivity index (χ0v) is 10.9. The molecular formula is C12H15NO4S. The standard InChI is InChI=1S/C12H15NO4S/c1-16-12(15)9-6-5-8(18-9)3-2-4-11-13-10(14)7-17-11/h5-6,11H,2-4,7H2,1H3,(H,13,14). The minimum atomic E-state index is -0.294. The third-order valence-corrected chi connectivity index (χ3v) is 3.80. The molecule has 1 aliphatic heterocycles. The van der Waals surface area contributed by atoms with Crippen LogP contribution in [0.2, 0.25) is 0 Å². The number of hydrogen-bond donors (Lipinski definition) is 1. The summed E-state index contributed by atoms with van der Waals surface area (Å²) in [6, 6.07) is 3.71. The van der Waals surface area contributed by atoms with Gasteiger partial charge in [-0.05, 0) is 31.4 Å². The van der Waals surface area contributed by atoms with Gasteiger partial charge in [0.15, 0.2) is 0 Å². The van der Waals surface area contributed by atoms with Gasteiger partial charge in [-0.3, -0.25) is 4.79 Å². The summed E-state index contributed by atoms with van der Waals surface area (Å²) in [5.74, 6) is -0.346. The van der Waals surface area contributed by atoms with Crippen LogP contribution < -0.4 is 5.32 Å². The first-order valence-corrected chi connectivity index (χ1v) is 6.58. The van der Waals surface area contributed by atoms with Crippen LogP contribution in [-0.2, 0) is 20.7 Å². The Balaban J connectivity index is 1.75. The van der Waals surface area contributed by atoms with Crippen LogP contribution in [0, 0.1) is 0 Å². The Morgan fingerprint density at radius 3 is 3.11 bits per heavy atom. The summed E-state index contributed by atoms with van der Waals surface area (Å²) in [7, 11) is 1.38. The predicted octanol–water partition coefficient (Wildman–Crippen LogP) is 1.33. The van der Waals surface area contributed by atoms with Crippen LogP contribution >= 0.6 is 11.3 Å². The average Bonchev–Trinajstić information content (AvgIpc) is 2.98. The van der Waals surface area contributed by atoms with Crippen molar-refractivity contribution in [2.24, 2.45) is 0 Å². The van der Waals surface area contributed by atoms with E-state index in [9.17, 15) is 9.59 Å². The zero-order valence-electron chi connectivity index (χ0n) is 10.1. The van der Waals surface area contributed by atoms with Crippen molar-refractivity contribution in [3.05, 3.63) is 21.9 Å². The molecule has 98 valence electrons. The molecule has 1 aromatic heterocycles. The number of esters is 1.